The number of ether oxygens (including phenoxy) is 1. The predicted octanol–water partition coefficient (Wildman–Crippen LogP) is 0.149. The second kappa shape index (κ2) is 5.99. The number of carbonyl (C=O) groups excluding carboxylic acids is 1. The third-order valence-corrected chi connectivity index (χ3v) is 3.91. The number of hydrogen-bond acceptors (Lipinski definition) is 5. The Kier molecular flexibility index (Phi) is 5.13. The molecule has 0 spiro atoms. The quantitative estimate of drug-likeness (QED) is 0.710. The standard InChI is InChI=1S/C13H27N3O2/c1-10-8-16(9-11(10)15(3)4)7-6-13(2,14)12(17)18-5/h10-11H,6-9,14H2,1-5H3. The van der Waals surface area contributed by atoms with Gasteiger partial charge >= 0.3 is 5.97 Å². The van der Waals surface area contributed by atoms with Gasteiger partial charge in [0.25, 0.3) is 0 Å². The highest BCUT2D eigenvalue weighted by atomic mass is 16.5. The molecule has 0 aromatic carbocycles. The first-order valence-electron chi connectivity index (χ1n) is 6.54. The van der Waals surface area contributed by atoms with Gasteiger partial charge in [-0.25, -0.2) is 0 Å². The Hall–Kier alpha value is -0.650. The number of methoxy groups -OCH3 is 1. The molecule has 1 fully saturated rings. The molecule has 5 heteroatoms. The first-order valence-corrected chi connectivity index (χ1v) is 6.54. The Morgan fingerprint density at radius 1 is 1.50 bits per heavy atom. The van der Waals surface area contributed by atoms with E-state index in [4.69, 9.17) is 10.5 Å². The minimum absolute atomic E-state index is 0.334. The minimum Gasteiger partial charge on any atom is -0.468 e. The van der Waals surface area contributed by atoms with E-state index < -0.39 is 5.54 Å². The van der Waals surface area contributed by atoms with Crippen molar-refractivity contribution in [3.63, 3.8) is 0 Å². The number of nitrogens with zero attached hydrogens (tertiary/aromatic N) is 2. The van der Waals surface area contributed by atoms with Gasteiger partial charge in [-0.3, -0.25) is 4.79 Å². The summed E-state index contributed by atoms with van der Waals surface area (Å²) in [7, 11) is 5.62. The van der Waals surface area contributed by atoms with Crippen molar-refractivity contribution in [2.24, 2.45) is 11.7 Å². The van der Waals surface area contributed by atoms with Crippen LogP contribution >= 0.6 is 0 Å². The molecule has 0 aromatic heterocycles. The molecule has 1 rings (SSSR count). The van der Waals surface area contributed by atoms with Gasteiger partial charge in [0.05, 0.1) is 7.11 Å². The fraction of sp³-hybridized carbons (Fsp3) is 0.923. The van der Waals surface area contributed by atoms with Gasteiger partial charge in [-0.05, 0) is 33.4 Å². The first kappa shape index (κ1) is 15.4. The van der Waals surface area contributed by atoms with E-state index in [1.165, 1.54) is 7.11 Å². The second-order valence-electron chi connectivity index (χ2n) is 5.93. The molecule has 0 aromatic rings. The molecule has 0 bridgehead atoms. The van der Waals surface area contributed by atoms with Crippen LogP contribution in [0.3, 0.4) is 0 Å². The van der Waals surface area contributed by atoms with Crippen LogP contribution in [0.25, 0.3) is 0 Å². The van der Waals surface area contributed by atoms with Crippen molar-refractivity contribution in [2.75, 3.05) is 40.8 Å². The van der Waals surface area contributed by atoms with Crippen LogP contribution in [0.2, 0.25) is 0 Å². The van der Waals surface area contributed by atoms with E-state index in [1.807, 2.05) is 0 Å². The van der Waals surface area contributed by atoms with Crippen molar-refractivity contribution in [2.45, 2.75) is 31.8 Å². The average Bonchev–Trinajstić information content (AvgIpc) is 2.67. The predicted molar refractivity (Wildman–Crippen MR) is 72.3 cm³/mol. The van der Waals surface area contributed by atoms with Gasteiger partial charge in [0.2, 0.25) is 0 Å². The number of hydrogen-bond donors (Lipinski definition) is 1. The van der Waals surface area contributed by atoms with Crippen LogP contribution in [0.4, 0.5) is 0 Å². The van der Waals surface area contributed by atoms with Gasteiger partial charge in [-0.1, -0.05) is 6.92 Å². The molecule has 0 radical (unpaired) electrons. The Bertz CT molecular complexity index is 292. The van der Waals surface area contributed by atoms with E-state index in [1.54, 1.807) is 6.92 Å². The summed E-state index contributed by atoms with van der Waals surface area (Å²) in [6.45, 7) is 6.97. The molecular weight excluding hydrogens is 230 g/mol. The minimum atomic E-state index is -0.881. The van der Waals surface area contributed by atoms with Crippen LogP contribution in [-0.4, -0.2) is 68.2 Å². The lowest BCUT2D eigenvalue weighted by Gasteiger charge is -2.25. The largest absolute Gasteiger partial charge is 0.468 e. The Morgan fingerprint density at radius 2 is 2.11 bits per heavy atom. The molecule has 2 N–H and O–H groups in total. The third-order valence-electron chi connectivity index (χ3n) is 3.91. The van der Waals surface area contributed by atoms with Crippen LogP contribution in [-0.2, 0) is 9.53 Å². The molecule has 106 valence electrons. The molecule has 18 heavy (non-hydrogen) atoms. The fourth-order valence-electron chi connectivity index (χ4n) is 2.63. The lowest BCUT2D eigenvalue weighted by Crippen LogP contribution is -2.48. The lowest BCUT2D eigenvalue weighted by atomic mass is 9.99. The zero-order valence-corrected chi connectivity index (χ0v) is 12.3. The lowest BCUT2D eigenvalue weighted by molar-refractivity contribution is -0.146. The summed E-state index contributed by atoms with van der Waals surface area (Å²) in [4.78, 5) is 16.2. The van der Waals surface area contributed by atoms with Crippen LogP contribution in [0.15, 0.2) is 0 Å². The third kappa shape index (κ3) is 3.67. The molecule has 1 aliphatic heterocycles. The van der Waals surface area contributed by atoms with E-state index in [0.29, 0.717) is 18.4 Å². The highest BCUT2D eigenvalue weighted by Crippen LogP contribution is 2.21. The van der Waals surface area contributed by atoms with Crippen molar-refractivity contribution in [3.05, 3.63) is 0 Å². The zero-order valence-electron chi connectivity index (χ0n) is 12.3. The van der Waals surface area contributed by atoms with Crippen LogP contribution < -0.4 is 5.73 Å². The van der Waals surface area contributed by atoms with Crippen molar-refractivity contribution < 1.29 is 9.53 Å². The number of esters is 1. The maximum Gasteiger partial charge on any atom is 0.325 e. The Labute approximate surface area is 110 Å². The van der Waals surface area contributed by atoms with Crippen LogP contribution in [0.5, 0.6) is 0 Å². The van der Waals surface area contributed by atoms with E-state index in [9.17, 15) is 4.79 Å². The van der Waals surface area contributed by atoms with Crippen LogP contribution in [0, 0.1) is 5.92 Å². The normalized spacial score (nSPS) is 28.4. The van der Waals surface area contributed by atoms with E-state index in [2.05, 4.69) is 30.8 Å². The van der Waals surface area contributed by atoms with Crippen molar-refractivity contribution in [1.29, 1.82) is 0 Å². The highest BCUT2D eigenvalue weighted by Gasteiger charge is 2.34. The van der Waals surface area contributed by atoms with Gasteiger partial charge < -0.3 is 20.3 Å². The summed E-state index contributed by atoms with van der Waals surface area (Å²) in [5.74, 6) is 0.320. The summed E-state index contributed by atoms with van der Waals surface area (Å²) in [6.07, 6.45) is 0.631. The molecule has 0 amide bonds. The summed E-state index contributed by atoms with van der Waals surface area (Å²) in [5.41, 5.74) is 5.09. The van der Waals surface area contributed by atoms with E-state index >= 15 is 0 Å². The average molecular weight is 257 g/mol. The van der Waals surface area contributed by atoms with Crippen molar-refractivity contribution in [1.82, 2.24) is 9.80 Å². The van der Waals surface area contributed by atoms with Gasteiger partial charge in [0.15, 0.2) is 0 Å². The monoisotopic (exact) mass is 257 g/mol. The SMILES string of the molecule is COC(=O)C(C)(N)CCN1CC(C)C(N(C)C)C1. The Balaban J connectivity index is 2.44. The maximum absolute atomic E-state index is 11.5. The molecule has 1 saturated heterocycles. The molecule has 1 aliphatic rings. The molecule has 5 nitrogen and oxygen atoms in total. The number of carbonyl (C=O) groups is 1. The van der Waals surface area contributed by atoms with E-state index in [0.717, 1.165) is 19.6 Å². The van der Waals surface area contributed by atoms with Gasteiger partial charge in [-0.15, -0.1) is 0 Å². The molecule has 0 saturated carbocycles. The first-order chi connectivity index (χ1) is 8.27. The summed E-state index contributed by atoms with van der Waals surface area (Å²) in [5, 5.41) is 0. The number of rotatable bonds is 5. The number of likely N-dealkylation sites (N-methyl/N-ethyl adjacent to an activating group) is 1. The summed E-state index contributed by atoms with van der Waals surface area (Å²) >= 11 is 0. The van der Waals surface area contributed by atoms with E-state index in [-0.39, 0.29) is 5.97 Å². The molecule has 0 aliphatic carbocycles. The molecule has 3 unspecified atom stereocenters. The summed E-state index contributed by atoms with van der Waals surface area (Å²) in [6, 6.07) is 0.590. The maximum atomic E-state index is 11.5. The second-order valence-corrected chi connectivity index (χ2v) is 5.93. The van der Waals surface area contributed by atoms with Crippen molar-refractivity contribution >= 4 is 5.97 Å². The summed E-state index contributed by atoms with van der Waals surface area (Å²) < 4.78 is 4.72. The van der Waals surface area contributed by atoms with Crippen molar-refractivity contribution in [3.8, 4) is 0 Å². The smallest absolute Gasteiger partial charge is 0.325 e. The fourth-order valence-corrected chi connectivity index (χ4v) is 2.63. The molecule has 1 heterocycles. The number of likely N-dealkylation sites (tertiary alicyclic amines) is 1. The van der Waals surface area contributed by atoms with Crippen LogP contribution in [0.1, 0.15) is 20.3 Å². The highest BCUT2D eigenvalue weighted by molar-refractivity contribution is 5.79. The van der Waals surface area contributed by atoms with Gasteiger partial charge in [0.1, 0.15) is 5.54 Å². The number of nitrogens with two attached hydrogens (primary N) is 1. The zero-order chi connectivity index (χ0) is 13.9. The Morgan fingerprint density at radius 3 is 2.56 bits per heavy atom. The van der Waals surface area contributed by atoms with Gasteiger partial charge in [0, 0.05) is 25.7 Å². The molecular formula is C13H27N3O2. The molecule has 3 atom stereocenters. The van der Waals surface area contributed by atoms with Gasteiger partial charge in [-0.2, -0.15) is 0 Å². The topological polar surface area (TPSA) is 58.8 Å².